The quantitative estimate of drug-likeness (QED) is 0.833. The third-order valence-electron chi connectivity index (χ3n) is 2.93. The van der Waals surface area contributed by atoms with E-state index in [1.165, 1.54) is 0 Å². The van der Waals surface area contributed by atoms with Gasteiger partial charge < -0.3 is 9.30 Å². The molecule has 0 aliphatic carbocycles. The summed E-state index contributed by atoms with van der Waals surface area (Å²) in [5.41, 5.74) is 2.10. The second-order valence-corrected chi connectivity index (χ2v) is 4.56. The van der Waals surface area contributed by atoms with E-state index in [2.05, 4.69) is 9.56 Å². The minimum Gasteiger partial charge on any atom is -0.474 e. The molecular weight excluding hydrogens is 248 g/mol. The summed E-state index contributed by atoms with van der Waals surface area (Å²) >= 11 is 6.18. The molecule has 0 atom stereocenters. The van der Waals surface area contributed by atoms with Gasteiger partial charge in [0.25, 0.3) is 0 Å². The van der Waals surface area contributed by atoms with Crippen molar-refractivity contribution in [2.24, 2.45) is 4.99 Å². The van der Waals surface area contributed by atoms with Gasteiger partial charge in [0, 0.05) is 17.8 Å². The fourth-order valence-electron chi connectivity index (χ4n) is 2.05. The topological polar surface area (TPSA) is 26.5 Å². The molecule has 4 heteroatoms. The zero-order valence-electron chi connectivity index (χ0n) is 9.84. The maximum absolute atomic E-state index is 6.18. The predicted octanol–water partition coefficient (Wildman–Crippen LogP) is 2.97. The minimum atomic E-state index is 0.673. The molecule has 92 valence electrons. The van der Waals surface area contributed by atoms with Gasteiger partial charge in [-0.05, 0) is 23.8 Å². The van der Waals surface area contributed by atoms with E-state index in [1.54, 1.807) is 0 Å². The number of hydrogen-bond donors (Lipinski definition) is 0. The van der Waals surface area contributed by atoms with Gasteiger partial charge in [-0.2, -0.15) is 0 Å². The smallest absolute Gasteiger partial charge is 0.233 e. The molecule has 0 N–H and O–H groups in total. The van der Waals surface area contributed by atoms with Crippen molar-refractivity contribution in [1.82, 2.24) is 4.57 Å². The van der Waals surface area contributed by atoms with Crippen molar-refractivity contribution in [3.05, 3.63) is 58.9 Å². The van der Waals surface area contributed by atoms with Gasteiger partial charge in [0.2, 0.25) is 5.90 Å². The van der Waals surface area contributed by atoms with E-state index < -0.39 is 0 Å². The number of ether oxygens (including phenoxy) is 1. The van der Waals surface area contributed by atoms with Crippen molar-refractivity contribution in [1.29, 1.82) is 0 Å². The van der Waals surface area contributed by atoms with Gasteiger partial charge in [-0.3, -0.25) is 0 Å². The van der Waals surface area contributed by atoms with Crippen LogP contribution in [0.1, 0.15) is 11.3 Å². The summed E-state index contributed by atoms with van der Waals surface area (Å²) in [6.07, 6.45) is 2.02. The van der Waals surface area contributed by atoms with E-state index in [1.807, 2.05) is 42.6 Å². The molecule has 1 aliphatic heterocycles. The molecule has 1 aromatic heterocycles. The van der Waals surface area contributed by atoms with E-state index in [0.717, 1.165) is 35.3 Å². The number of rotatable bonds is 3. The first-order valence-corrected chi connectivity index (χ1v) is 6.28. The molecule has 0 bridgehead atoms. The van der Waals surface area contributed by atoms with Gasteiger partial charge in [0.15, 0.2) is 0 Å². The second kappa shape index (κ2) is 4.86. The molecular formula is C14H13ClN2O. The third kappa shape index (κ3) is 2.14. The number of hydrogen-bond acceptors (Lipinski definition) is 2. The van der Waals surface area contributed by atoms with Gasteiger partial charge >= 0.3 is 0 Å². The molecule has 0 fully saturated rings. The summed E-state index contributed by atoms with van der Waals surface area (Å²) in [7, 11) is 0. The third-order valence-corrected chi connectivity index (χ3v) is 3.30. The van der Waals surface area contributed by atoms with Gasteiger partial charge in [-0.25, -0.2) is 4.99 Å². The molecule has 0 saturated carbocycles. The van der Waals surface area contributed by atoms with E-state index in [9.17, 15) is 0 Å². The zero-order valence-corrected chi connectivity index (χ0v) is 10.6. The molecule has 0 unspecified atom stereocenters. The molecule has 18 heavy (non-hydrogen) atoms. The Hall–Kier alpha value is -1.74. The highest BCUT2D eigenvalue weighted by atomic mass is 35.5. The first-order valence-electron chi connectivity index (χ1n) is 5.91. The summed E-state index contributed by atoms with van der Waals surface area (Å²) < 4.78 is 7.60. The zero-order chi connectivity index (χ0) is 12.4. The van der Waals surface area contributed by atoms with Crippen molar-refractivity contribution in [2.75, 3.05) is 13.2 Å². The van der Waals surface area contributed by atoms with Gasteiger partial charge in [-0.1, -0.05) is 29.8 Å². The van der Waals surface area contributed by atoms with Crippen LogP contribution in [0.25, 0.3) is 0 Å². The van der Waals surface area contributed by atoms with E-state index in [0.29, 0.717) is 6.61 Å². The highest BCUT2D eigenvalue weighted by Gasteiger charge is 2.14. The number of aliphatic imine (C=N–C) groups is 1. The van der Waals surface area contributed by atoms with Gasteiger partial charge in [0.05, 0.1) is 6.54 Å². The molecule has 0 amide bonds. The normalized spacial score (nSPS) is 14.4. The lowest BCUT2D eigenvalue weighted by atomic mass is 10.2. The number of nitrogens with zero attached hydrogens (tertiary/aromatic N) is 2. The van der Waals surface area contributed by atoms with E-state index >= 15 is 0 Å². The van der Waals surface area contributed by atoms with Crippen LogP contribution in [0.5, 0.6) is 0 Å². The monoisotopic (exact) mass is 260 g/mol. The minimum absolute atomic E-state index is 0.673. The molecule has 0 radical (unpaired) electrons. The van der Waals surface area contributed by atoms with E-state index in [-0.39, 0.29) is 0 Å². The van der Waals surface area contributed by atoms with E-state index in [4.69, 9.17) is 16.3 Å². The number of halogens is 1. The molecule has 1 aliphatic rings. The standard InChI is InChI=1S/C14H13ClN2O/c15-12-5-2-1-4-11(12)10-17-8-3-6-13(17)14-16-7-9-18-14/h1-6,8H,7,9-10H2. The average molecular weight is 261 g/mol. The Morgan fingerprint density at radius 2 is 2.11 bits per heavy atom. The summed E-state index contributed by atoms with van der Waals surface area (Å²) in [5.74, 6) is 0.729. The van der Waals surface area contributed by atoms with Crippen LogP contribution in [0.4, 0.5) is 0 Å². The molecule has 0 saturated heterocycles. The van der Waals surface area contributed by atoms with Crippen LogP contribution in [0, 0.1) is 0 Å². The van der Waals surface area contributed by atoms with Crippen molar-refractivity contribution >= 4 is 17.5 Å². The Kier molecular flexibility index (Phi) is 3.07. The lowest BCUT2D eigenvalue weighted by molar-refractivity contribution is 0.346. The lowest BCUT2D eigenvalue weighted by Crippen LogP contribution is -2.10. The van der Waals surface area contributed by atoms with Crippen LogP contribution in [0.3, 0.4) is 0 Å². The first kappa shape index (κ1) is 11.4. The fraction of sp³-hybridized carbons (Fsp3) is 0.214. The van der Waals surface area contributed by atoms with Crippen LogP contribution >= 0.6 is 11.6 Å². The number of aromatic nitrogens is 1. The van der Waals surface area contributed by atoms with Crippen molar-refractivity contribution in [3.8, 4) is 0 Å². The molecule has 3 rings (SSSR count). The van der Waals surface area contributed by atoms with Crippen molar-refractivity contribution in [2.45, 2.75) is 6.54 Å². The Morgan fingerprint density at radius 3 is 2.89 bits per heavy atom. The lowest BCUT2D eigenvalue weighted by Gasteiger charge is -2.10. The Morgan fingerprint density at radius 1 is 1.22 bits per heavy atom. The van der Waals surface area contributed by atoms with Crippen LogP contribution in [0.15, 0.2) is 47.6 Å². The van der Waals surface area contributed by atoms with Gasteiger partial charge in [0.1, 0.15) is 12.3 Å². The highest BCUT2D eigenvalue weighted by Crippen LogP contribution is 2.18. The largest absolute Gasteiger partial charge is 0.474 e. The maximum atomic E-state index is 6.18. The van der Waals surface area contributed by atoms with Crippen molar-refractivity contribution in [3.63, 3.8) is 0 Å². The summed E-state index contributed by atoms with van der Waals surface area (Å²) in [6.45, 7) is 2.14. The van der Waals surface area contributed by atoms with Crippen LogP contribution in [-0.2, 0) is 11.3 Å². The summed E-state index contributed by atoms with van der Waals surface area (Å²) in [5, 5.41) is 0.784. The average Bonchev–Trinajstić information content (AvgIpc) is 3.02. The Labute approximate surface area is 111 Å². The molecule has 2 heterocycles. The van der Waals surface area contributed by atoms with Crippen LogP contribution in [-0.4, -0.2) is 23.6 Å². The Bertz CT molecular complexity index is 589. The Balaban J connectivity index is 1.90. The SMILES string of the molecule is Clc1ccccc1Cn1cccc1C1=NCCO1. The predicted molar refractivity (Wildman–Crippen MR) is 72.3 cm³/mol. The molecule has 1 aromatic carbocycles. The highest BCUT2D eigenvalue weighted by molar-refractivity contribution is 6.31. The molecule has 0 spiro atoms. The van der Waals surface area contributed by atoms with Crippen molar-refractivity contribution < 1.29 is 4.74 Å². The van der Waals surface area contributed by atoms with Crippen LogP contribution < -0.4 is 0 Å². The number of benzene rings is 1. The maximum Gasteiger partial charge on any atom is 0.233 e. The van der Waals surface area contributed by atoms with Gasteiger partial charge in [-0.15, -0.1) is 0 Å². The first-order chi connectivity index (χ1) is 8.84. The summed E-state index contributed by atoms with van der Waals surface area (Å²) in [4.78, 5) is 4.34. The summed E-state index contributed by atoms with van der Waals surface area (Å²) in [6, 6.07) is 11.9. The molecule has 3 nitrogen and oxygen atoms in total. The van der Waals surface area contributed by atoms with Crippen LogP contribution in [0.2, 0.25) is 5.02 Å². The molecule has 2 aromatic rings. The second-order valence-electron chi connectivity index (χ2n) is 4.15. The fourth-order valence-corrected chi connectivity index (χ4v) is 2.24.